The molecule has 118 valence electrons. The van der Waals surface area contributed by atoms with Crippen molar-refractivity contribution in [2.45, 2.75) is 43.2 Å². The van der Waals surface area contributed by atoms with Crippen LogP contribution in [-0.4, -0.2) is 32.6 Å². The van der Waals surface area contributed by atoms with Gasteiger partial charge in [-0.3, -0.25) is 4.79 Å². The van der Waals surface area contributed by atoms with E-state index in [4.69, 9.17) is 19.8 Å². The smallest absolute Gasteiger partial charge is 0.287 e. The number of carbonyl (C=O) groups excluding carboxylic acids is 1. The predicted molar refractivity (Wildman–Crippen MR) is 80.0 cm³/mol. The minimum Gasteiger partial charge on any atom is -0.443 e. The Hall–Kier alpha value is -0.570. The SMILES string of the molecule is CC1(C)CC(NC(=O)c2cc(S(=O)(=O)Cl)c(Br)o2)CCO1. The van der Waals surface area contributed by atoms with E-state index in [9.17, 15) is 13.2 Å². The van der Waals surface area contributed by atoms with E-state index in [1.807, 2.05) is 13.8 Å². The summed E-state index contributed by atoms with van der Waals surface area (Å²) in [5, 5.41) is 2.81. The third-order valence-electron chi connectivity index (χ3n) is 3.17. The molecule has 1 aromatic heterocycles. The Balaban J connectivity index is 2.11. The maximum absolute atomic E-state index is 12.1. The van der Waals surface area contributed by atoms with Crippen LogP contribution in [0.3, 0.4) is 0 Å². The first-order valence-electron chi connectivity index (χ1n) is 6.27. The molecule has 0 spiro atoms. The summed E-state index contributed by atoms with van der Waals surface area (Å²) in [6.07, 6.45) is 1.36. The first-order valence-corrected chi connectivity index (χ1v) is 9.37. The third kappa shape index (κ3) is 4.21. The molecule has 1 N–H and O–H groups in total. The fourth-order valence-corrected chi connectivity index (χ4v) is 4.27. The Bertz CT molecular complexity index is 655. The van der Waals surface area contributed by atoms with Crippen LogP contribution in [0.4, 0.5) is 0 Å². The number of nitrogens with one attached hydrogen (secondary N) is 1. The van der Waals surface area contributed by atoms with Gasteiger partial charge in [-0.1, -0.05) is 0 Å². The first kappa shape index (κ1) is 16.8. The second kappa shape index (κ2) is 5.91. The van der Waals surface area contributed by atoms with Gasteiger partial charge in [-0.2, -0.15) is 0 Å². The molecule has 0 bridgehead atoms. The molecule has 0 aromatic carbocycles. The van der Waals surface area contributed by atoms with Gasteiger partial charge in [0.1, 0.15) is 4.90 Å². The average molecular weight is 401 g/mol. The molecular formula is C12H15BrClNO5S. The van der Waals surface area contributed by atoms with Gasteiger partial charge in [0.2, 0.25) is 0 Å². The van der Waals surface area contributed by atoms with Crippen molar-refractivity contribution in [1.82, 2.24) is 5.32 Å². The molecule has 0 saturated carbocycles. The van der Waals surface area contributed by atoms with E-state index in [-0.39, 0.29) is 27.0 Å². The molecule has 0 aliphatic carbocycles. The lowest BCUT2D eigenvalue weighted by Crippen LogP contribution is -2.45. The number of hydrogen-bond acceptors (Lipinski definition) is 5. The van der Waals surface area contributed by atoms with Crippen molar-refractivity contribution in [3.63, 3.8) is 0 Å². The van der Waals surface area contributed by atoms with Crippen molar-refractivity contribution < 1.29 is 22.4 Å². The largest absolute Gasteiger partial charge is 0.443 e. The lowest BCUT2D eigenvalue weighted by molar-refractivity contribution is -0.0616. The molecular weight excluding hydrogens is 386 g/mol. The molecule has 2 heterocycles. The molecule has 1 fully saturated rings. The molecule has 21 heavy (non-hydrogen) atoms. The van der Waals surface area contributed by atoms with E-state index in [0.29, 0.717) is 19.4 Å². The van der Waals surface area contributed by atoms with Crippen LogP contribution in [0.2, 0.25) is 0 Å². The van der Waals surface area contributed by atoms with Crippen LogP contribution in [0, 0.1) is 0 Å². The van der Waals surface area contributed by atoms with Gasteiger partial charge in [0.25, 0.3) is 15.0 Å². The van der Waals surface area contributed by atoms with E-state index in [2.05, 4.69) is 21.2 Å². The number of hydrogen-bond donors (Lipinski definition) is 1. The topological polar surface area (TPSA) is 85.6 Å². The molecule has 1 atom stereocenters. The lowest BCUT2D eigenvalue weighted by atomic mass is 9.94. The number of amides is 1. The summed E-state index contributed by atoms with van der Waals surface area (Å²) in [6.45, 7) is 4.46. The summed E-state index contributed by atoms with van der Waals surface area (Å²) in [4.78, 5) is 11.8. The number of ether oxygens (including phenoxy) is 1. The van der Waals surface area contributed by atoms with E-state index in [0.717, 1.165) is 6.07 Å². The zero-order valence-corrected chi connectivity index (χ0v) is 14.6. The molecule has 1 unspecified atom stereocenters. The second-order valence-corrected chi connectivity index (χ2v) is 8.71. The minimum atomic E-state index is -3.97. The van der Waals surface area contributed by atoms with Crippen LogP contribution in [-0.2, 0) is 13.8 Å². The van der Waals surface area contributed by atoms with Gasteiger partial charge in [0, 0.05) is 29.4 Å². The summed E-state index contributed by atoms with van der Waals surface area (Å²) in [5.41, 5.74) is -0.301. The first-order chi connectivity index (χ1) is 9.58. The standard InChI is InChI=1S/C12H15BrClNO5S/c1-12(2)6-7(3-4-19-12)15-11(16)8-5-9(10(13)20-8)21(14,17)18/h5,7H,3-4,6H2,1-2H3,(H,15,16). The Morgan fingerprint density at radius 2 is 2.19 bits per heavy atom. The Labute approximate surface area is 135 Å². The average Bonchev–Trinajstić information content (AvgIpc) is 2.69. The van der Waals surface area contributed by atoms with Crippen molar-refractivity contribution in [3.05, 3.63) is 16.5 Å². The molecule has 0 radical (unpaired) electrons. The van der Waals surface area contributed by atoms with Gasteiger partial charge < -0.3 is 14.5 Å². The molecule has 1 amide bonds. The fraction of sp³-hybridized carbons (Fsp3) is 0.583. The van der Waals surface area contributed by atoms with Crippen molar-refractivity contribution in [1.29, 1.82) is 0 Å². The van der Waals surface area contributed by atoms with Crippen LogP contribution >= 0.6 is 26.6 Å². The highest BCUT2D eigenvalue weighted by Gasteiger charge is 2.31. The maximum Gasteiger partial charge on any atom is 0.287 e. The van der Waals surface area contributed by atoms with E-state index in [1.54, 1.807) is 0 Å². The quantitative estimate of drug-likeness (QED) is 0.788. The van der Waals surface area contributed by atoms with Crippen molar-refractivity contribution >= 4 is 41.6 Å². The van der Waals surface area contributed by atoms with Crippen LogP contribution < -0.4 is 5.32 Å². The van der Waals surface area contributed by atoms with Gasteiger partial charge in [0.15, 0.2) is 10.4 Å². The highest BCUT2D eigenvalue weighted by molar-refractivity contribution is 9.10. The van der Waals surface area contributed by atoms with E-state index < -0.39 is 15.0 Å². The summed E-state index contributed by atoms with van der Waals surface area (Å²) in [7, 11) is 1.28. The summed E-state index contributed by atoms with van der Waals surface area (Å²) >= 11 is 2.93. The van der Waals surface area contributed by atoms with Crippen LogP contribution in [0.5, 0.6) is 0 Å². The second-order valence-electron chi connectivity index (χ2n) is 5.46. The molecule has 1 aliphatic rings. The highest BCUT2D eigenvalue weighted by atomic mass is 79.9. The van der Waals surface area contributed by atoms with Crippen molar-refractivity contribution in [2.24, 2.45) is 0 Å². The molecule has 1 saturated heterocycles. The van der Waals surface area contributed by atoms with Gasteiger partial charge in [-0.15, -0.1) is 0 Å². The van der Waals surface area contributed by atoms with Gasteiger partial charge >= 0.3 is 0 Å². The third-order valence-corrected chi connectivity index (χ3v) is 5.35. The summed E-state index contributed by atoms with van der Waals surface area (Å²) < 4.78 is 33.2. The van der Waals surface area contributed by atoms with Crippen molar-refractivity contribution in [2.75, 3.05) is 6.61 Å². The van der Waals surface area contributed by atoms with Gasteiger partial charge in [-0.25, -0.2) is 8.42 Å². The number of furan rings is 1. The van der Waals surface area contributed by atoms with Crippen LogP contribution in [0.1, 0.15) is 37.2 Å². The van der Waals surface area contributed by atoms with Crippen LogP contribution in [0.15, 0.2) is 20.0 Å². The number of rotatable bonds is 3. The Morgan fingerprint density at radius 3 is 2.71 bits per heavy atom. The lowest BCUT2D eigenvalue weighted by Gasteiger charge is -2.35. The molecule has 1 aliphatic heterocycles. The van der Waals surface area contributed by atoms with Gasteiger partial charge in [0.05, 0.1) is 5.60 Å². The molecule has 1 aromatic rings. The molecule has 6 nitrogen and oxygen atoms in total. The molecule has 2 rings (SSSR count). The van der Waals surface area contributed by atoms with E-state index >= 15 is 0 Å². The Morgan fingerprint density at radius 1 is 1.52 bits per heavy atom. The van der Waals surface area contributed by atoms with Gasteiger partial charge in [-0.05, 0) is 42.6 Å². The molecule has 9 heteroatoms. The number of halogens is 2. The zero-order chi connectivity index (χ0) is 15.8. The number of carbonyl (C=O) groups is 1. The normalized spacial score (nSPS) is 22.0. The maximum atomic E-state index is 12.1. The predicted octanol–water partition coefficient (Wildman–Crippen LogP) is 2.66. The zero-order valence-electron chi connectivity index (χ0n) is 11.5. The van der Waals surface area contributed by atoms with Crippen LogP contribution in [0.25, 0.3) is 0 Å². The highest BCUT2D eigenvalue weighted by Crippen LogP contribution is 2.29. The fourth-order valence-electron chi connectivity index (χ4n) is 2.24. The van der Waals surface area contributed by atoms with Crippen molar-refractivity contribution in [3.8, 4) is 0 Å². The summed E-state index contributed by atoms with van der Waals surface area (Å²) in [6, 6.07) is 1.05. The minimum absolute atomic E-state index is 0.0545. The Kier molecular flexibility index (Phi) is 4.72. The summed E-state index contributed by atoms with van der Waals surface area (Å²) in [5.74, 6) is -0.588. The monoisotopic (exact) mass is 399 g/mol. The van der Waals surface area contributed by atoms with E-state index in [1.165, 1.54) is 0 Å².